The Kier molecular flexibility index (Phi) is 6.32. The third-order valence-electron chi connectivity index (χ3n) is 2.25. The summed E-state index contributed by atoms with van der Waals surface area (Å²) < 4.78 is 9.71. The van der Waals surface area contributed by atoms with Crippen molar-refractivity contribution in [2.24, 2.45) is 0 Å². The van der Waals surface area contributed by atoms with E-state index in [1.54, 1.807) is 31.4 Å². The van der Waals surface area contributed by atoms with Crippen molar-refractivity contribution < 1.29 is 19.4 Å². The molecule has 6 heteroatoms. The lowest BCUT2D eigenvalue weighted by atomic mass is 10.1. The van der Waals surface area contributed by atoms with E-state index in [1.165, 1.54) is 0 Å². The van der Waals surface area contributed by atoms with Gasteiger partial charge < -0.3 is 19.9 Å². The van der Waals surface area contributed by atoms with Gasteiger partial charge in [0.2, 0.25) is 0 Å². The average Bonchev–Trinajstić information content (AvgIpc) is 2.42. The number of carbonyl (C=O) groups excluding carboxylic acids is 1. The predicted molar refractivity (Wildman–Crippen MR) is 68.0 cm³/mol. The molecule has 2 N–H and O–H groups in total. The van der Waals surface area contributed by atoms with Crippen LogP contribution in [0.3, 0.4) is 0 Å². The third-order valence-corrected chi connectivity index (χ3v) is 2.40. The first kappa shape index (κ1) is 14.6. The molecule has 1 atom stereocenters. The second kappa shape index (κ2) is 7.79. The Bertz CT molecular complexity index is 369. The number of benzene rings is 1. The van der Waals surface area contributed by atoms with Crippen LogP contribution >= 0.6 is 11.6 Å². The number of carbonyl (C=O) groups is 1. The van der Waals surface area contributed by atoms with Crippen LogP contribution in [0, 0.1) is 0 Å². The summed E-state index contributed by atoms with van der Waals surface area (Å²) in [6, 6.07) is 6.94. The molecule has 0 aliphatic carbocycles. The highest BCUT2D eigenvalue weighted by atomic mass is 35.5. The fourth-order valence-electron chi connectivity index (χ4n) is 1.31. The van der Waals surface area contributed by atoms with Crippen LogP contribution in [-0.4, -0.2) is 37.3 Å². The van der Waals surface area contributed by atoms with Crippen LogP contribution in [0.25, 0.3) is 0 Å². The van der Waals surface area contributed by atoms with Gasteiger partial charge in [-0.3, -0.25) is 0 Å². The van der Waals surface area contributed by atoms with E-state index >= 15 is 0 Å². The zero-order chi connectivity index (χ0) is 13.4. The second-order valence-electron chi connectivity index (χ2n) is 3.49. The standard InChI is InChI=1S/C12H16ClNO4/c1-17-10-4-2-9(3-5-10)11(15)8-14-12(16)18-7-6-13/h2-5,11,15H,6-8H2,1H3,(H,14,16). The van der Waals surface area contributed by atoms with Gasteiger partial charge in [0.25, 0.3) is 0 Å². The van der Waals surface area contributed by atoms with E-state index in [9.17, 15) is 9.90 Å². The van der Waals surface area contributed by atoms with E-state index < -0.39 is 12.2 Å². The van der Waals surface area contributed by atoms with Gasteiger partial charge in [-0.2, -0.15) is 0 Å². The number of hydrogen-bond donors (Lipinski definition) is 2. The first-order valence-corrected chi connectivity index (χ1v) is 5.99. The van der Waals surface area contributed by atoms with Gasteiger partial charge in [0.15, 0.2) is 0 Å². The first-order valence-electron chi connectivity index (χ1n) is 5.46. The predicted octanol–water partition coefficient (Wildman–Crippen LogP) is 1.69. The maximum absolute atomic E-state index is 11.1. The molecule has 0 aliphatic heterocycles. The average molecular weight is 274 g/mol. The number of nitrogens with one attached hydrogen (secondary N) is 1. The Morgan fingerprint density at radius 3 is 2.67 bits per heavy atom. The van der Waals surface area contributed by atoms with Crippen LogP contribution in [0.1, 0.15) is 11.7 Å². The van der Waals surface area contributed by atoms with Crippen molar-refractivity contribution in [1.29, 1.82) is 0 Å². The molecule has 1 amide bonds. The number of aliphatic hydroxyl groups is 1. The van der Waals surface area contributed by atoms with Crippen molar-refractivity contribution >= 4 is 17.7 Å². The topological polar surface area (TPSA) is 67.8 Å². The lowest BCUT2D eigenvalue weighted by Crippen LogP contribution is -2.29. The number of amides is 1. The Hall–Kier alpha value is -1.46. The van der Waals surface area contributed by atoms with Gasteiger partial charge in [0.1, 0.15) is 12.4 Å². The van der Waals surface area contributed by atoms with Gasteiger partial charge in [-0.15, -0.1) is 11.6 Å². The minimum atomic E-state index is -0.792. The number of ether oxygens (including phenoxy) is 2. The molecule has 1 unspecified atom stereocenters. The van der Waals surface area contributed by atoms with Crippen molar-refractivity contribution in [1.82, 2.24) is 5.32 Å². The summed E-state index contributed by atoms with van der Waals surface area (Å²) in [5, 5.41) is 12.3. The monoisotopic (exact) mass is 273 g/mol. The molecular formula is C12H16ClNO4. The van der Waals surface area contributed by atoms with Gasteiger partial charge in [-0.1, -0.05) is 12.1 Å². The lowest BCUT2D eigenvalue weighted by Gasteiger charge is -2.12. The molecule has 1 aromatic carbocycles. The highest BCUT2D eigenvalue weighted by molar-refractivity contribution is 6.18. The van der Waals surface area contributed by atoms with Crippen molar-refractivity contribution in [3.63, 3.8) is 0 Å². The van der Waals surface area contributed by atoms with E-state index in [-0.39, 0.29) is 19.0 Å². The number of rotatable bonds is 6. The molecule has 1 aromatic rings. The number of aliphatic hydroxyl groups excluding tert-OH is 1. The van der Waals surface area contributed by atoms with Crippen LogP contribution in [0.2, 0.25) is 0 Å². The van der Waals surface area contributed by atoms with E-state index in [0.717, 1.165) is 0 Å². The maximum Gasteiger partial charge on any atom is 0.407 e. The molecule has 0 aliphatic rings. The fourth-order valence-corrected chi connectivity index (χ4v) is 1.38. The SMILES string of the molecule is COc1ccc(C(O)CNC(=O)OCCCl)cc1. The Morgan fingerprint density at radius 1 is 1.44 bits per heavy atom. The van der Waals surface area contributed by atoms with Crippen LogP contribution in [-0.2, 0) is 4.74 Å². The van der Waals surface area contributed by atoms with Gasteiger partial charge >= 0.3 is 6.09 Å². The highest BCUT2D eigenvalue weighted by Gasteiger charge is 2.09. The third kappa shape index (κ3) is 4.81. The number of hydrogen-bond acceptors (Lipinski definition) is 4. The zero-order valence-corrected chi connectivity index (χ0v) is 10.8. The molecule has 1 rings (SSSR count). The van der Waals surface area contributed by atoms with E-state index in [4.69, 9.17) is 21.1 Å². The number of alkyl halides is 1. The molecule has 0 saturated heterocycles. The Morgan fingerprint density at radius 2 is 2.11 bits per heavy atom. The van der Waals surface area contributed by atoms with E-state index in [2.05, 4.69) is 5.32 Å². The van der Waals surface area contributed by atoms with Gasteiger partial charge in [0.05, 0.1) is 25.6 Å². The smallest absolute Gasteiger partial charge is 0.407 e. The second-order valence-corrected chi connectivity index (χ2v) is 3.87. The van der Waals surface area contributed by atoms with Crippen molar-refractivity contribution in [2.45, 2.75) is 6.10 Å². The van der Waals surface area contributed by atoms with Crippen LogP contribution in [0.4, 0.5) is 4.79 Å². The number of halogens is 1. The molecular weight excluding hydrogens is 258 g/mol. The molecule has 0 saturated carbocycles. The minimum Gasteiger partial charge on any atom is -0.497 e. The summed E-state index contributed by atoms with van der Waals surface area (Å²) in [6.45, 7) is 0.222. The molecule has 0 fully saturated rings. The number of methoxy groups -OCH3 is 1. The van der Waals surface area contributed by atoms with E-state index in [1.807, 2.05) is 0 Å². The van der Waals surface area contributed by atoms with Crippen LogP contribution < -0.4 is 10.1 Å². The summed E-state index contributed by atoms with van der Waals surface area (Å²) in [5.74, 6) is 0.953. The summed E-state index contributed by atoms with van der Waals surface area (Å²) in [4.78, 5) is 11.1. The van der Waals surface area contributed by atoms with E-state index in [0.29, 0.717) is 11.3 Å². The molecule has 0 bridgehead atoms. The molecule has 100 valence electrons. The molecule has 5 nitrogen and oxygen atoms in total. The van der Waals surface area contributed by atoms with Gasteiger partial charge in [0, 0.05) is 0 Å². The quantitative estimate of drug-likeness (QED) is 0.774. The summed E-state index contributed by atoms with van der Waals surface area (Å²) in [5.41, 5.74) is 0.688. The summed E-state index contributed by atoms with van der Waals surface area (Å²) >= 11 is 5.37. The van der Waals surface area contributed by atoms with Crippen LogP contribution in [0.15, 0.2) is 24.3 Å². The molecule has 0 aromatic heterocycles. The first-order chi connectivity index (χ1) is 8.67. The van der Waals surface area contributed by atoms with Crippen molar-refractivity contribution in [3.8, 4) is 5.75 Å². The molecule has 0 heterocycles. The normalized spacial score (nSPS) is 11.7. The maximum atomic E-state index is 11.1. The summed E-state index contributed by atoms with van der Waals surface area (Å²) in [7, 11) is 1.57. The minimum absolute atomic E-state index is 0.0768. The Balaban J connectivity index is 2.39. The van der Waals surface area contributed by atoms with Gasteiger partial charge in [-0.25, -0.2) is 4.79 Å². The highest BCUT2D eigenvalue weighted by Crippen LogP contribution is 2.16. The summed E-state index contributed by atoms with van der Waals surface area (Å²) in [6.07, 6.45) is -1.39. The fraction of sp³-hybridized carbons (Fsp3) is 0.417. The Labute approximate surface area is 111 Å². The molecule has 18 heavy (non-hydrogen) atoms. The number of alkyl carbamates (subject to hydrolysis) is 1. The van der Waals surface area contributed by atoms with Crippen molar-refractivity contribution in [2.75, 3.05) is 26.1 Å². The zero-order valence-electron chi connectivity index (χ0n) is 10.1. The largest absolute Gasteiger partial charge is 0.497 e. The van der Waals surface area contributed by atoms with Crippen LogP contribution in [0.5, 0.6) is 5.75 Å². The van der Waals surface area contributed by atoms with Gasteiger partial charge in [-0.05, 0) is 17.7 Å². The molecule has 0 radical (unpaired) electrons. The lowest BCUT2D eigenvalue weighted by molar-refractivity contribution is 0.135. The molecule has 0 spiro atoms. The van der Waals surface area contributed by atoms with Crippen molar-refractivity contribution in [3.05, 3.63) is 29.8 Å².